The summed E-state index contributed by atoms with van der Waals surface area (Å²) in [5.41, 5.74) is 0.768. The van der Waals surface area contributed by atoms with Crippen LogP contribution in [0, 0.1) is 0 Å². The van der Waals surface area contributed by atoms with Crippen LogP contribution < -0.4 is 10.0 Å². The highest BCUT2D eigenvalue weighted by molar-refractivity contribution is 7.89. The Kier molecular flexibility index (Phi) is 5.19. The summed E-state index contributed by atoms with van der Waals surface area (Å²) in [6.45, 7) is -0.432. The van der Waals surface area contributed by atoms with E-state index in [1.165, 1.54) is 6.07 Å². The molecule has 0 aromatic heterocycles. The molecule has 2 rings (SSSR count). The number of benzene rings is 2. The molecule has 0 aliphatic carbocycles. The molecular formula is C15H18N2O5S. The third-order valence-corrected chi connectivity index (χ3v) is 4.98. The van der Waals surface area contributed by atoms with Gasteiger partial charge in [0.25, 0.3) is 0 Å². The number of aliphatic hydroxyl groups excluding tert-OH is 1. The number of sulfonamides is 1. The zero-order chi connectivity index (χ0) is 17.0. The van der Waals surface area contributed by atoms with E-state index >= 15 is 0 Å². The van der Waals surface area contributed by atoms with E-state index in [2.05, 4.69) is 10.0 Å². The van der Waals surface area contributed by atoms with E-state index in [0.29, 0.717) is 10.8 Å². The van der Waals surface area contributed by atoms with Crippen molar-refractivity contribution >= 4 is 32.5 Å². The van der Waals surface area contributed by atoms with Gasteiger partial charge in [0.15, 0.2) is 0 Å². The van der Waals surface area contributed by atoms with Crippen LogP contribution >= 0.6 is 0 Å². The van der Waals surface area contributed by atoms with Crippen LogP contribution in [0.4, 0.5) is 5.69 Å². The Bertz CT molecular complexity index is 820. The molecule has 0 bridgehead atoms. The molecule has 0 saturated heterocycles. The predicted molar refractivity (Wildman–Crippen MR) is 86.9 cm³/mol. The third-order valence-electron chi connectivity index (χ3n) is 3.45. The highest BCUT2D eigenvalue weighted by Gasteiger charge is 2.26. The minimum Gasteiger partial charge on any atom is -0.480 e. The highest BCUT2D eigenvalue weighted by Crippen LogP contribution is 2.28. The van der Waals surface area contributed by atoms with Crippen LogP contribution in [0.5, 0.6) is 0 Å². The number of hydrogen-bond donors (Lipinski definition) is 4. The number of fused-ring (bicyclic) bond motifs is 1. The second kappa shape index (κ2) is 6.95. The predicted octanol–water partition coefficient (Wildman–Crippen LogP) is 0.995. The van der Waals surface area contributed by atoms with Gasteiger partial charge >= 0.3 is 5.97 Å². The topological polar surface area (TPSA) is 116 Å². The standard InChI is InChI=1S/C15H18N2O5S/c1-16-12-6-2-5-11-10(12)4-3-7-14(11)23(21,22)17-13(8-9-18)15(19)20/h2-7,13,16-18H,8-9H2,1H3,(H,19,20). The van der Waals surface area contributed by atoms with E-state index in [4.69, 9.17) is 10.2 Å². The molecule has 1 unspecified atom stereocenters. The van der Waals surface area contributed by atoms with Crippen molar-refractivity contribution in [2.24, 2.45) is 0 Å². The number of carbonyl (C=O) groups is 1. The number of nitrogens with one attached hydrogen (secondary N) is 2. The fraction of sp³-hybridized carbons (Fsp3) is 0.267. The van der Waals surface area contributed by atoms with Crippen molar-refractivity contribution in [3.63, 3.8) is 0 Å². The third kappa shape index (κ3) is 3.61. The van der Waals surface area contributed by atoms with Gasteiger partial charge < -0.3 is 15.5 Å². The van der Waals surface area contributed by atoms with Gasteiger partial charge in [-0.2, -0.15) is 4.72 Å². The van der Waals surface area contributed by atoms with Crippen molar-refractivity contribution in [3.8, 4) is 0 Å². The lowest BCUT2D eigenvalue weighted by atomic mass is 10.1. The summed E-state index contributed by atoms with van der Waals surface area (Å²) in [5.74, 6) is -1.33. The first-order valence-corrected chi connectivity index (χ1v) is 8.44. The highest BCUT2D eigenvalue weighted by atomic mass is 32.2. The van der Waals surface area contributed by atoms with Gasteiger partial charge in [0.05, 0.1) is 4.90 Å². The molecule has 0 radical (unpaired) electrons. The van der Waals surface area contributed by atoms with Crippen LogP contribution in [-0.4, -0.2) is 44.3 Å². The first-order valence-electron chi connectivity index (χ1n) is 6.96. The molecule has 124 valence electrons. The van der Waals surface area contributed by atoms with E-state index in [1.807, 2.05) is 6.07 Å². The molecule has 0 aliphatic heterocycles. The summed E-state index contributed by atoms with van der Waals surface area (Å²) >= 11 is 0. The number of anilines is 1. The first kappa shape index (κ1) is 17.2. The molecule has 1 atom stereocenters. The fourth-order valence-electron chi connectivity index (χ4n) is 2.35. The van der Waals surface area contributed by atoms with Gasteiger partial charge in [0, 0.05) is 30.1 Å². The monoisotopic (exact) mass is 338 g/mol. The molecular weight excluding hydrogens is 320 g/mol. The molecule has 0 aliphatic rings. The van der Waals surface area contributed by atoms with E-state index in [0.717, 1.165) is 5.69 Å². The first-order chi connectivity index (χ1) is 10.9. The SMILES string of the molecule is CNc1cccc2c(S(=O)(=O)NC(CCO)C(=O)O)cccc12. The number of hydrogen-bond acceptors (Lipinski definition) is 5. The molecule has 2 aromatic rings. The molecule has 0 heterocycles. The number of aliphatic hydroxyl groups is 1. The number of carboxylic acids is 1. The van der Waals surface area contributed by atoms with Gasteiger partial charge in [-0.15, -0.1) is 0 Å². The van der Waals surface area contributed by atoms with Gasteiger partial charge in [0.1, 0.15) is 6.04 Å². The number of aliphatic carboxylic acids is 1. The normalized spacial score (nSPS) is 13.0. The quantitative estimate of drug-likeness (QED) is 0.598. The van der Waals surface area contributed by atoms with Crippen LogP contribution in [0.3, 0.4) is 0 Å². The zero-order valence-electron chi connectivity index (χ0n) is 12.5. The minimum absolute atomic E-state index is 0.00344. The van der Waals surface area contributed by atoms with Crippen LogP contribution in [0.15, 0.2) is 41.3 Å². The molecule has 23 heavy (non-hydrogen) atoms. The average Bonchev–Trinajstić information content (AvgIpc) is 2.53. The molecule has 0 fully saturated rings. The molecule has 0 spiro atoms. The van der Waals surface area contributed by atoms with E-state index in [-0.39, 0.29) is 11.3 Å². The Balaban J connectivity index is 2.52. The van der Waals surface area contributed by atoms with Crippen molar-refractivity contribution in [2.75, 3.05) is 19.0 Å². The van der Waals surface area contributed by atoms with E-state index in [1.54, 1.807) is 31.3 Å². The average molecular weight is 338 g/mol. The van der Waals surface area contributed by atoms with Gasteiger partial charge in [0.2, 0.25) is 10.0 Å². The summed E-state index contributed by atoms with van der Waals surface area (Å²) in [4.78, 5) is 11.1. The maximum Gasteiger partial charge on any atom is 0.321 e. The Labute approximate surface area is 134 Å². The minimum atomic E-state index is -4.05. The fourth-order valence-corrected chi connectivity index (χ4v) is 3.79. The van der Waals surface area contributed by atoms with Crippen molar-refractivity contribution in [2.45, 2.75) is 17.4 Å². The summed E-state index contributed by atoms with van der Waals surface area (Å²) in [6, 6.07) is 8.61. The van der Waals surface area contributed by atoms with Crippen molar-refractivity contribution < 1.29 is 23.4 Å². The van der Waals surface area contributed by atoms with E-state index < -0.39 is 28.6 Å². The summed E-state index contributed by atoms with van der Waals surface area (Å²) in [7, 11) is -2.32. The summed E-state index contributed by atoms with van der Waals surface area (Å²) in [5, 5.41) is 22.1. The van der Waals surface area contributed by atoms with Crippen molar-refractivity contribution in [1.29, 1.82) is 0 Å². The largest absolute Gasteiger partial charge is 0.480 e. The number of carboxylic acid groups (broad SMARTS) is 1. The van der Waals surface area contributed by atoms with Gasteiger partial charge in [-0.25, -0.2) is 8.42 Å². The molecule has 7 nitrogen and oxygen atoms in total. The van der Waals surface area contributed by atoms with Crippen molar-refractivity contribution in [1.82, 2.24) is 4.72 Å². The molecule has 8 heteroatoms. The zero-order valence-corrected chi connectivity index (χ0v) is 13.3. The summed E-state index contributed by atoms with van der Waals surface area (Å²) in [6.07, 6.45) is -0.207. The van der Waals surface area contributed by atoms with Gasteiger partial charge in [-0.3, -0.25) is 4.79 Å². The van der Waals surface area contributed by atoms with Crippen molar-refractivity contribution in [3.05, 3.63) is 36.4 Å². The van der Waals surface area contributed by atoms with Crippen LogP contribution in [0.25, 0.3) is 10.8 Å². The molecule has 0 amide bonds. The van der Waals surface area contributed by atoms with Gasteiger partial charge in [-0.05, 0) is 18.6 Å². The maximum atomic E-state index is 12.6. The van der Waals surface area contributed by atoms with E-state index in [9.17, 15) is 13.2 Å². The molecule has 0 saturated carbocycles. The Morgan fingerprint density at radius 2 is 1.83 bits per heavy atom. The lowest BCUT2D eigenvalue weighted by Gasteiger charge is -2.15. The second-order valence-electron chi connectivity index (χ2n) is 4.93. The number of rotatable bonds is 7. The second-order valence-corrected chi connectivity index (χ2v) is 6.61. The molecule has 4 N–H and O–H groups in total. The Morgan fingerprint density at radius 3 is 2.43 bits per heavy atom. The van der Waals surface area contributed by atoms with Crippen LogP contribution in [-0.2, 0) is 14.8 Å². The lowest BCUT2D eigenvalue weighted by Crippen LogP contribution is -2.41. The summed E-state index contributed by atoms with van der Waals surface area (Å²) < 4.78 is 27.2. The Hall–Kier alpha value is -2.16. The lowest BCUT2D eigenvalue weighted by molar-refractivity contribution is -0.139. The van der Waals surface area contributed by atoms with Crippen LogP contribution in [0.1, 0.15) is 6.42 Å². The van der Waals surface area contributed by atoms with Crippen LogP contribution in [0.2, 0.25) is 0 Å². The molecule has 2 aromatic carbocycles. The van der Waals surface area contributed by atoms with Gasteiger partial charge in [-0.1, -0.05) is 24.3 Å². The maximum absolute atomic E-state index is 12.6. The Morgan fingerprint density at radius 1 is 1.17 bits per heavy atom. The smallest absolute Gasteiger partial charge is 0.321 e.